The normalized spacial score (nSPS) is 17.8. The maximum Gasteiger partial charge on any atom is 0.253 e. The second-order valence-electron chi connectivity index (χ2n) is 6.14. The number of carbonyl (C=O) groups excluding carboxylic acids is 1. The number of benzene rings is 1. The van der Waals surface area contributed by atoms with Gasteiger partial charge in [-0.2, -0.15) is 5.10 Å². The molecule has 1 fully saturated rings. The summed E-state index contributed by atoms with van der Waals surface area (Å²) in [4.78, 5) is 14.5. The summed E-state index contributed by atoms with van der Waals surface area (Å²) < 4.78 is 5.63. The van der Waals surface area contributed by atoms with Crippen LogP contribution >= 0.6 is 0 Å². The van der Waals surface area contributed by atoms with E-state index < -0.39 is 0 Å². The van der Waals surface area contributed by atoms with Gasteiger partial charge in [-0.05, 0) is 56.0 Å². The van der Waals surface area contributed by atoms with Gasteiger partial charge in [0.1, 0.15) is 5.75 Å². The zero-order chi connectivity index (χ0) is 16.2. The number of aryl methyl sites for hydroxylation is 1. The summed E-state index contributed by atoms with van der Waals surface area (Å²) in [5.41, 5.74) is 1.54. The fourth-order valence-corrected chi connectivity index (χ4v) is 2.78. The van der Waals surface area contributed by atoms with Gasteiger partial charge < -0.3 is 9.64 Å². The topological polar surface area (TPSA) is 55.3 Å². The molecule has 0 N–H and O–H groups in total. The van der Waals surface area contributed by atoms with Gasteiger partial charge in [0.25, 0.3) is 5.91 Å². The van der Waals surface area contributed by atoms with Crippen molar-refractivity contribution < 1.29 is 9.53 Å². The Morgan fingerprint density at radius 2 is 1.96 bits per heavy atom. The molecular weight excluding hydrogens is 290 g/mol. The Morgan fingerprint density at radius 3 is 2.61 bits per heavy atom. The van der Waals surface area contributed by atoms with Crippen molar-refractivity contribution in [2.75, 3.05) is 13.1 Å². The van der Waals surface area contributed by atoms with Gasteiger partial charge in [-0.15, -0.1) is 5.10 Å². The van der Waals surface area contributed by atoms with E-state index in [9.17, 15) is 4.79 Å². The molecule has 1 amide bonds. The molecule has 2 heterocycles. The molecular formula is C18H21N3O2. The minimum atomic E-state index is 0.0956. The molecule has 120 valence electrons. The average molecular weight is 311 g/mol. The first-order valence-electron chi connectivity index (χ1n) is 7.99. The molecule has 1 atom stereocenters. The first-order valence-corrected chi connectivity index (χ1v) is 7.99. The fourth-order valence-electron chi connectivity index (χ4n) is 2.78. The van der Waals surface area contributed by atoms with Crippen molar-refractivity contribution in [3.8, 4) is 11.6 Å². The van der Waals surface area contributed by atoms with Gasteiger partial charge in [-0.1, -0.05) is 6.92 Å². The van der Waals surface area contributed by atoms with Gasteiger partial charge in [0, 0.05) is 24.7 Å². The lowest BCUT2D eigenvalue weighted by atomic mass is 9.99. The molecule has 0 spiro atoms. The van der Waals surface area contributed by atoms with Crippen molar-refractivity contribution >= 4 is 5.91 Å². The van der Waals surface area contributed by atoms with Crippen molar-refractivity contribution in [3.63, 3.8) is 0 Å². The van der Waals surface area contributed by atoms with Crippen LogP contribution in [-0.2, 0) is 0 Å². The van der Waals surface area contributed by atoms with Crippen LogP contribution in [0.2, 0.25) is 0 Å². The van der Waals surface area contributed by atoms with Crippen molar-refractivity contribution in [1.82, 2.24) is 15.1 Å². The summed E-state index contributed by atoms with van der Waals surface area (Å²) in [6, 6.07) is 10.8. The molecule has 1 aliphatic heterocycles. The van der Waals surface area contributed by atoms with Crippen molar-refractivity contribution in [3.05, 3.63) is 47.7 Å². The highest BCUT2D eigenvalue weighted by Gasteiger charge is 2.21. The number of nitrogens with zero attached hydrogens (tertiary/aromatic N) is 3. The van der Waals surface area contributed by atoms with E-state index in [0.717, 1.165) is 25.2 Å². The highest BCUT2D eigenvalue weighted by Crippen LogP contribution is 2.22. The summed E-state index contributed by atoms with van der Waals surface area (Å²) in [5.74, 6) is 1.76. The molecule has 0 saturated carbocycles. The minimum Gasteiger partial charge on any atom is -0.438 e. The molecule has 23 heavy (non-hydrogen) atoms. The summed E-state index contributed by atoms with van der Waals surface area (Å²) in [5, 5.41) is 7.92. The molecule has 0 bridgehead atoms. The smallest absolute Gasteiger partial charge is 0.253 e. The number of piperidine rings is 1. The highest BCUT2D eigenvalue weighted by atomic mass is 16.5. The minimum absolute atomic E-state index is 0.0956. The molecule has 1 saturated heterocycles. The second-order valence-corrected chi connectivity index (χ2v) is 6.14. The predicted octanol–water partition coefficient (Wildman–Crippen LogP) is 3.45. The molecule has 5 heteroatoms. The number of carbonyl (C=O) groups is 1. The molecule has 1 aromatic heterocycles. The molecule has 1 aromatic carbocycles. The first kappa shape index (κ1) is 15.5. The van der Waals surface area contributed by atoms with Crippen LogP contribution in [0.5, 0.6) is 11.6 Å². The highest BCUT2D eigenvalue weighted by molar-refractivity contribution is 5.94. The third-order valence-electron chi connectivity index (χ3n) is 4.04. The van der Waals surface area contributed by atoms with Crippen LogP contribution in [0.3, 0.4) is 0 Å². The number of aromatic nitrogens is 2. The van der Waals surface area contributed by atoms with Gasteiger partial charge in [0.2, 0.25) is 5.88 Å². The Bertz CT molecular complexity index is 668. The Labute approximate surface area is 136 Å². The molecule has 0 aliphatic carbocycles. The van der Waals surface area contributed by atoms with E-state index in [1.165, 1.54) is 6.42 Å². The first-order chi connectivity index (χ1) is 11.1. The van der Waals surface area contributed by atoms with Crippen molar-refractivity contribution in [1.29, 1.82) is 0 Å². The summed E-state index contributed by atoms with van der Waals surface area (Å²) in [6.45, 7) is 5.76. The van der Waals surface area contributed by atoms with E-state index in [4.69, 9.17) is 4.74 Å². The Hall–Kier alpha value is -2.43. The van der Waals surface area contributed by atoms with E-state index in [2.05, 4.69) is 17.1 Å². The third kappa shape index (κ3) is 3.86. The number of hydrogen-bond acceptors (Lipinski definition) is 4. The zero-order valence-electron chi connectivity index (χ0n) is 13.5. The molecule has 0 radical (unpaired) electrons. The van der Waals surface area contributed by atoms with Gasteiger partial charge in [0.05, 0.1) is 5.69 Å². The number of likely N-dealkylation sites (tertiary alicyclic amines) is 1. The zero-order valence-corrected chi connectivity index (χ0v) is 13.5. The van der Waals surface area contributed by atoms with E-state index in [1.807, 2.05) is 17.9 Å². The number of amides is 1. The van der Waals surface area contributed by atoms with E-state index in [0.29, 0.717) is 23.1 Å². The SMILES string of the molecule is Cc1ccc(Oc2ccc(C(=O)N3CCC[C@H](C)C3)cc2)nn1. The lowest BCUT2D eigenvalue weighted by molar-refractivity contribution is 0.0683. The Balaban J connectivity index is 1.66. The van der Waals surface area contributed by atoms with Crippen LogP contribution in [0.25, 0.3) is 0 Å². The maximum atomic E-state index is 12.5. The summed E-state index contributed by atoms with van der Waals surface area (Å²) >= 11 is 0. The van der Waals surface area contributed by atoms with Gasteiger partial charge >= 0.3 is 0 Å². The predicted molar refractivity (Wildman–Crippen MR) is 87.6 cm³/mol. The quantitative estimate of drug-likeness (QED) is 0.871. The van der Waals surface area contributed by atoms with Crippen LogP contribution in [0.4, 0.5) is 0 Å². The molecule has 5 nitrogen and oxygen atoms in total. The molecule has 0 unspecified atom stereocenters. The van der Waals surface area contributed by atoms with E-state index in [1.54, 1.807) is 30.3 Å². The lowest BCUT2D eigenvalue weighted by Crippen LogP contribution is -2.39. The summed E-state index contributed by atoms with van der Waals surface area (Å²) in [7, 11) is 0. The Morgan fingerprint density at radius 1 is 1.17 bits per heavy atom. The third-order valence-corrected chi connectivity index (χ3v) is 4.04. The van der Waals surface area contributed by atoms with Crippen molar-refractivity contribution in [2.24, 2.45) is 5.92 Å². The van der Waals surface area contributed by atoms with Crippen LogP contribution in [0, 0.1) is 12.8 Å². The van der Waals surface area contributed by atoms with Gasteiger partial charge in [-0.3, -0.25) is 4.79 Å². The van der Waals surface area contributed by atoms with Crippen molar-refractivity contribution in [2.45, 2.75) is 26.7 Å². The largest absolute Gasteiger partial charge is 0.438 e. The standard InChI is InChI=1S/C18H21N3O2/c1-13-4-3-11-21(12-13)18(22)15-6-8-16(9-7-15)23-17-10-5-14(2)19-20-17/h5-10,13H,3-4,11-12H2,1-2H3/t13-/m0/s1. The second kappa shape index (κ2) is 6.77. The monoisotopic (exact) mass is 311 g/mol. The van der Waals surface area contributed by atoms with Crippen LogP contribution in [0.1, 0.15) is 35.8 Å². The Kier molecular flexibility index (Phi) is 4.55. The lowest BCUT2D eigenvalue weighted by Gasteiger charge is -2.31. The number of hydrogen-bond donors (Lipinski definition) is 0. The van der Waals surface area contributed by atoms with Gasteiger partial charge in [0.15, 0.2) is 0 Å². The van der Waals surface area contributed by atoms with E-state index in [-0.39, 0.29) is 5.91 Å². The van der Waals surface area contributed by atoms with Crippen LogP contribution < -0.4 is 4.74 Å². The number of rotatable bonds is 3. The van der Waals surface area contributed by atoms with Crippen LogP contribution in [-0.4, -0.2) is 34.1 Å². The fraction of sp³-hybridized carbons (Fsp3) is 0.389. The average Bonchev–Trinajstić information content (AvgIpc) is 2.57. The molecule has 1 aliphatic rings. The maximum absolute atomic E-state index is 12.5. The van der Waals surface area contributed by atoms with Crippen LogP contribution in [0.15, 0.2) is 36.4 Å². The van der Waals surface area contributed by atoms with E-state index >= 15 is 0 Å². The van der Waals surface area contributed by atoms with Gasteiger partial charge in [-0.25, -0.2) is 0 Å². The summed E-state index contributed by atoms with van der Waals surface area (Å²) in [6.07, 6.45) is 2.29. The molecule has 2 aromatic rings. The molecule has 3 rings (SSSR count). The number of ether oxygens (including phenoxy) is 1.